The number of benzene rings is 2. The van der Waals surface area contributed by atoms with E-state index in [0.29, 0.717) is 67.0 Å². The van der Waals surface area contributed by atoms with Gasteiger partial charge in [-0.2, -0.15) is 21.4 Å². The number of hydrogen-bond acceptors (Lipinski definition) is 21. The number of carbonyl (C=O) groups is 2. The van der Waals surface area contributed by atoms with Crippen molar-refractivity contribution in [2.45, 2.75) is 112 Å². The Morgan fingerprint density at radius 1 is 0.965 bits per heavy atom. The molecule has 5 heterocycles. The van der Waals surface area contributed by atoms with Gasteiger partial charge in [0, 0.05) is 110 Å². The molecule has 2 aromatic heterocycles. The van der Waals surface area contributed by atoms with E-state index in [4.69, 9.17) is 30.2 Å². The lowest BCUT2D eigenvalue weighted by Crippen LogP contribution is -2.28. The zero-order valence-electron chi connectivity index (χ0n) is 47.2. The summed E-state index contributed by atoms with van der Waals surface area (Å²) in [5, 5.41) is 9.51. The molecule has 28 nitrogen and oxygen atoms in total. The molecular weight excluding hydrogens is 1260 g/mol. The Bertz CT molecular complexity index is 3740. The molecule has 2 aromatic carbocycles. The van der Waals surface area contributed by atoms with E-state index in [-0.39, 0.29) is 53.5 Å². The number of amides is 2. The largest absolute Gasteiger partial charge is 0.798 e. The standard InChI is InChI=1S/C51H60N11O17P3S4/c1-6-60-38-18-16-34(85(69,70)71)26-36(38)50(2,3)42(60)13-10-14-43-51(4,5)37-27-35(86(72,73)74)17-19-39(37)61(43)23-9-7-8-15-44(63)55-22-25-84-83-24-20-45(64)54-21-11-12-33-29-62(49-47(33)48(52)56-31-57-49)46-28-40(75-32-58-59-53)41(77-46)30-76-81(67)79-82(68)78-80(65)66/h10,13-14,16-19,26-27,29,31,40-41,46H,6-9,15,20-25,28,30,32H2,1-5H3,(H3-4,52,54,55,56,57,63,64,65,66,69,70,71,72,73,74)/p+4. The number of allylic oxidation sites excluding steroid dienone is 4. The van der Waals surface area contributed by atoms with Crippen molar-refractivity contribution in [2.24, 2.45) is 5.11 Å². The van der Waals surface area contributed by atoms with Crippen LogP contribution in [0, 0.1) is 11.8 Å². The van der Waals surface area contributed by atoms with Crippen molar-refractivity contribution in [3.8, 4) is 11.8 Å². The molecule has 7 N–H and O–H groups in total. The van der Waals surface area contributed by atoms with Crippen LogP contribution in [0.4, 0.5) is 17.2 Å². The second kappa shape index (κ2) is 29.9. The molecule has 0 spiro atoms. The molecule has 3 aliphatic rings. The zero-order valence-corrected chi connectivity index (χ0v) is 53.1. The summed E-state index contributed by atoms with van der Waals surface area (Å²) < 4.78 is 132. The van der Waals surface area contributed by atoms with E-state index >= 15 is 0 Å². The second-order valence-electron chi connectivity index (χ2n) is 20.4. The van der Waals surface area contributed by atoms with Gasteiger partial charge in [-0.05, 0) is 81.1 Å². The highest BCUT2D eigenvalue weighted by Gasteiger charge is 2.50. The first-order chi connectivity index (χ1) is 40.8. The van der Waals surface area contributed by atoms with Gasteiger partial charge in [0.15, 0.2) is 14.3 Å². The number of fused-ring (bicyclic) bond motifs is 3. The number of nitrogens with two attached hydrogens (primary N) is 1. The van der Waals surface area contributed by atoms with Gasteiger partial charge in [0.05, 0.1) is 38.8 Å². The molecule has 0 radical (unpaired) electrons. The molecule has 6 atom stereocenters. The lowest BCUT2D eigenvalue weighted by atomic mass is 9.81. The van der Waals surface area contributed by atoms with E-state index in [1.807, 2.05) is 52.8 Å². The second-order valence-corrected chi connectivity index (χ2v) is 28.8. The predicted octanol–water partition coefficient (Wildman–Crippen LogP) is 8.71. The van der Waals surface area contributed by atoms with Gasteiger partial charge in [-0.3, -0.25) is 18.7 Å². The average Bonchev–Trinajstić information content (AvgIpc) is 1.76. The summed E-state index contributed by atoms with van der Waals surface area (Å²) in [5.74, 6) is 6.84. The Morgan fingerprint density at radius 3 is 2.38 bits per heavy atom. The number of anilines is 2. The van der Waals surface area contributed by atoms with Crippen LogP contribution < -0.4 is 21.3 Å². The molecule has 2 amide bonds. The molecule has 86 heavy (non-hydrogen) atoms. The fourth-order valence-corrected chi connectivity index (χ4v) is 14.8. The Morgan fingerprint density at radius 2 is 1.67 bits per heavy atom. The van der Waals surface area contributed by atoms with Gasteiger partial charge in [-0.15, -0.1) is 9.42 Å². The lowest BCUT2D eigenvalue weighted by molar-refractivity contribution is -0.438. The third kappa shape index (κ3) is 17.1. The molecule has 0 bridgehead atoms. The van der Waals surface area contributed by atoms with E-state index in [0.717, 1.165) is 40.3 Å². The predicted molar refractivity (Wildman–Crippen MR) is 322 cm³/mol. The van der Waals surface area contributed by atoms with Crippen LogP contribution in [-0.4, -0.2) is 131 Å². The van der Waals surface area contributed by atoms with E-state index in [2.05, 4.69) is 60.6 Å². The van der Waals surface area contributed by atoms with Crippen molar-refractivity contribution in [3.63, 3.8) is 0 Å². The van der Waals surface area contributed by atoms with Gasteiger partial charge in [0.25, 0.3) is 20.2 Å². The zero-order chi connectivity index (χ0) is 62.6. The van der Waals surface area contributed by atoms with E-state index < -0.39 is 80.9 Å². The summed E-state index contributed by atoms with van der Waals surface area (Å²) in [6.45, 7) is 10.7. The SMILES string of the molecule is CCN1/C(=C/C=C/C2=[N+](CCCCCC(=O)NCCSSCCC(=O)NCC#Cc3cn(C4CC(OCN=[N+]=[N-])C(CO[P+](=O)O[P+](=O)O[P+](=O)O)O4)c4ncnc(N)c34)c3ccc(S(=O)(=O)O)cc3C2(C)C)C(C)(C)c2cc(S(=O)(=O)O)ccc21. The number of nitrogens with one attached hydrogen (secondary N) is 2. The molecule has 460 valence electrons. The normalized spacial score (nSPS) is 18.8. The number of aromatic nitrogens is 3. The van der Waals surface area contributed by atoms with Crippen molar-refractivity contribution in [3.05, 3.63) is 100.0 Å². The van der Waals surface area contributed by atoms with Crippen LogP contribution in [0.25, 0.3) is 21.5 Å². The monoisotopic (exact) mass is 1320 g/mol. The van der Waals surface area contributed by atoms with Crippen LogP contribution in [0.5, 0.6) is 0 Å². The fraction of sp³-hybridized carbons (Fsp3) is 0.471. The van der Waals surface area contributed by atoms with Crippen molar-refractivity contribution >= 4 is 112 Å². The smallest absolute Gasteiger partial charge is 0.383 e. The molecule has 6 unspecified atom stereocenters. The number of likely N-dealkylation sites (N-methyl/N-ethyl adjacent to an activating group) is 1. The highest BCUT2D eigenvalue weighted by atomic mass is 33.1. The maximum absolute atomic E-state index is 12.8. The van der Waals surface area contributed by atoms with Gasteiger partial charge in [0.2, 0.25) is 17.5 Å². The number of nitrogens with zero attached hydrogens (tertiary/aromatic N) is 8. The minimum atomic E-state index is -4.48. The summed E-state index contributed by atoms with van der Waals surface area (Å²) in [4.78, 5) is 47.0. The third-order valence-electron chi connectivity index (χ3n) is 14.2. The number of carbonyl (C=O) groups excluding carboxylic acids is 2. The minimum absolute atomic E-state index is 0.00602. The average molecular weight is 1320 g/mol. The topological polar surface area (TPSA) is 396 Å². The maximum atomic E-state index is 12.8. The van der Waals surface area contributed by atoms with Crippen LogP contribution in [0.15, 0.2) is 87.8 Å². The maximum Gasteiger partial charge on any atom is 0.798 e. The first kappa shape index (κ1) is 67.7. The van der Waals surface area contributed by atoms with Crippen molar-refractivity contribution in [1.29, 1.82) is 0 Å². The molecule has 1 fully saturated rings. The van der Waals surface area contributed by atoms with Gasteiger partial charge in [-0.25, -0.2) is 9.97 Å². The molecular formula is C51H64N11O17P3S4+4. The van der Waals surface area contributed by atoms with Gasteiger partial charge < -0.3 is 35.3 Å². The lowest BCUT2D eigenvalue weighted by Gasteiger charge is -2.25. The molecule has 4 aromatic rings. The van der Waals surface area contributed by atoms with Crippen LogP contribution >= 0.6 is 46.4 Å². The Hall–Kier alpha value is -5.80. The molecule has 7 rings (SSSR count). The summed E-state index contributed by atoms with van der Waals surface area (Å²) in [5.41, 5.74) is 19.4. The molecule has 1 saturated heterocycles. The Balaban J connectivity index is 0.845. The minimum Gasteiger partial charge on any atom is -0.383 e. The van der Waals surface area contributed by atoms with Crippen LogP contribution in [0.2, 0.25) is 0 Å². The summed E-state index contributed by atoms with van der Waals surface area (Å²) >= 11 is 0. The first-order valence-electron chi connectivity index (χ1n) is 26.6. The van der Waals surface area contributed by atoms with E-state index in [9.17, 15) is 49.2 Å². The number of nitrogen functional groups attached to an aromatic ring is 1. The van der Waals surface area contributed by atoms with Crippen LogP contribution in [0.3, 0.4) is 0 Å². The number of ether oxygens (including phenoxy) is 2. The highest BCUT2D eigenvalue weighted by molar-refractivity contribution is 8.76. The van der Waals surface area contributed by atoms with E-state index in [1.54, 1.807) is 22.9 Å². The number of azide groups is 1. The summed E-state index contributed by atoms with van der Waals surface area (Å²) in [6, 6.07) is 9.17. The van der Waals surface area contributed by atoms with Gasteiger partial charge in [0.1, 0.15) is 50.0 Å². The van der Waals surface area contributed by atoms with Crippen LogP contribution in [-0.2, 0) is 77.0 Å². The molecule has 35 heteroatoms. The first-order valence-corrected chi connectivity index (χ1v) is 35.3. The Labute approximate surface area is 506 Å². The number of unbranched alkanes of at least 4 members (excludes halogenated alkanes) is 2. The van der Waals surface area contributed by atoms with Crippen molar-refractivity contribution < 1.29 is 81.3 Å². The van der Waals surface area contributed by atoms with Gasteiger partial charge in [-0.1, -0.05) is 58.5 Å². The molecule has 0 saturated carbocycles. The highest BCUT2D eigenvalue weighted by Crippen LogP contribution is 2.49. The molecule has 3 aliphatic heterocycles. The fourth-order valence-electron chi connectivity index (χ4n) is 10.2. The Kier molecular flexibility index (Phi) is 23.6. The summed E-state index contributed by atoms with van der Waals surface area (Å²) in [7, 11) is -15.5. The van der Waals surface area contributed by atoms with Crippen molar-refractivity contribution in [2.75, 3.05) is 61.7 Å². The summed E-state index contributed by atoms with van der Waals surface area (Å²) in [6.07, 6.45) is 8.96. The number of hydrogen-bond donors (Lipinski definition) is 6. The van der Waals surface area contributed by atoms with Crippen LogP contribution in [0.1, 0.15) is 96.1 Å². The van der Waals surface area contributed by atoms with E-state index in [1.165, 1.54) is 52.2 Å². The van der Waals surface area contributed by atoms with Crippen molar-refractivity contribution in [1.82, 2.24) is 25.2 Å². The molecule has 0 aliphatic carbocycles. The quantitative estimate of drug-likeness (QED) is 0.00327. The van der Waals surface area contributed by atoms with Gasteiger partial charge >= 0.3 is 24.8 Å². The number of rotatable bonds is 30. The third-order valence-corrected chi connectivity index (χ3v) is 20.8.